The molecule has 0 heterocycles. The van der Waals surface area contributed by atoms with Gasteiger partial charge in [-0.3, -0.25) is 4.79 Å². The molecule has 2 atom stereocenters. The van der Waals surface area contributed by atoms with Crippen molar-refractivity contribution in [2.75, 3.05) is 6.54 Å². The van der Waals surface area contributed by atoms with E-state index in [-0.39, 0.29) is 17.9 Å². The Morgan fingerprint density at radius 3 is 2.28 bits per heavy atom. The Kier molecular flexibility index (Phi) is 5.48. The average molecular weight is 252 g/mol. The summed E-state index contributed by atoms with van der Waals surface area (Å²) >= 11 is 0. The zero-order valence-electron chi connectivity index (χ0n) is 11.5. The van der Waals surface area contributed by atoms with Crippen LogP contribution in [0.4, 0.5) is 0 Å². The van der Waals surface area contributed by atoms with Crippen LogP contribution in [-0.4, -0.2) is 18.5 Å². The molecule has 0 bridgehead atoms. The molecule has 2 unspecified atom stereocenters. The Labute approximate surface area is 111 Å². The third kappa shape index (κ3) is 4.27. The van der Waals surface area contributed by atoms with Gasteiger partial charge < -0.3 is 11.1 Å². The van der Waals surface area contributed by atoms with Gasteiger partial charge in [-0.2, -0.15) is 0 Å². The average Bonchev–Trinajstić information content (AvgIpc) is 2.74. The second-order valence-electron chi connectivity index (χ2n) is 6.23. The molecule has 0 saturated heterocycles. The van der Waals surface area contributed by atoms with E-state index in [0.29, 0.717) is 5.92 Å². The number of nitrogens with two attached hydrogens (primary N) is 1. The lowest BCUT2D eigenvalue weighted by molar-refractivity contribution is -0.125. The van der Waals surface area contributed by atoms with Crippen LogP contribution in [0.5, 0.6) is 0 Å². The molecule has 3 heteroatoms. The van der Waals surface area contributed by atoms with Gasteiger partial charge in [0.1, 0.15) is 0 Å². The van der Waals surface area contributed by atoms with E-state index in [0.717, 1.165) is 25.8 Å². The molecule has 0 aromatic heterocycles. The molecule has 18 heavy (non-hydrogen) atoms. The van der Waals surface area contributed by atoms with Crippen molar-refractivity contribution in [1.29, 1.82) is 0 Å². The topological polar surface area (TPSA) is 55.1 Å². The highest BCUT2D eigenvalue weighted by molar-refractivity contribution is 5.78. The molecule has 2 rings (SSSR count). The van der Waals surface area contributed by atoms with Crippen molar-refractivity contribution in [2.45, 2.75) is 70.3 Å². The number of carbonyl (C=O) groups excluding carboxylic acids is 1. The summed E-state index contributed by atoms with van der Waals surface area (Å²) in [6.07, 6.45) is 12.3. The van der Waals surface area contributed by atoms with Gasteiger partial charge in [0.05, 0.1) is 0 Å². The summed E-state index contributed by atoms with van der Waals surface area (Å²) < 4.78 is 0. The van der Waals surface area contributed by atoms with Crippen molar-refractivity contribution in [3.05, 3.63) is 0 Å². The highest BCUT2D eigenvalue weighted by Crippen LogP contribution is 2.25. The number of amides is 1. The van der Waals surface area contributed by atoms with Crippen LogP contribution >= 0.6 is 0 Å². The number of carbonyl (C=O) groups is 1. The lowest BCUT2D eigenvalue weighted by Crippen LogP contribution is -2.34. The fraction of sp³-hybridized carbons (Fsp3) is 0.933. The fourth-order valence-corrected chi connectivity index (χ4v) is 3.39. The van der Waals surface area contributed by atoms with Crippen LogP contribution < -0.4 is 11.1 Å². The number of hydrogen-bond acceptors (Lipinski definition) is 2. The van der Waals surface area contributed by atoms with Gasteiger partial charge in [-0.1, -0.05) is 32.1 Å². The highest BCUT2D eigenvalue weighted by atomic mass is 16.1. The van der Waals surface area contributed by atoms with Crippen molar-refractivity contribution in [3.8, 4) is 0 Å². The Bertz CT molecular complexity index is 259. The minimum atomic E-state index is 0.188. The first-order valence-corrected chi connectivity index (χ1v) is 7.79. The van der Waals surface area contributed by atoms with Crippen LogP contribution in [0.15, 0.2) is 0 Å². The second kappa shape index (κ2) is 7.13. The minimum absolute atomic E-state index is 0.188. The molecule has 0 spiro atoms. The van der Waals surface area contributed by atoms with Crippen LogP contribution in [0.25, 0.3) is 0 Å². The van der Waals surface area contributed by atoms with E-state index in [1.54, 1.807) is 0 Å². The summed E-state index contributed by atoms with van der Waals surface area (Å²) in [6, 6.07) is 0.252. The molecular formula is C15H28N2O. The van der Waals surface area contributed by atoms with E-state index in [2.05, 4.69) is 5.32 Å². The van der Waals surface area contributed by atoms with Crippen molar-refractivity contribution in [3.63, 3.8) is 0 Å². The van der Waals surface area contributed by atoms with Gasteiger partial charge >= 0.3 is 0 Å². The molecule has 2 aliphatic rings. The SMILES string of the molecule is NC1CCC(C(=O)NCC2CCCCCCC2)C1. The van der Waals surface area contributed by atoms with Gasteiger partial charge in [0.2, 0.25) is 5.91 Å². The molecule has 104 valence electrons. The van der Waals surface area contributed by atoms with Gasteiger partial charge in [-0.25, -0.2) is 0 Å². The number of nitrogens with one attached hydrogen (secondary N) is 1. The Morgan fingerprint density at radius 1 is 1.00 bits per heavy atom. The maximum absolute atomic E-state index is 12.0. The molecule has 2 saturated carbocycles. The van der Waals surface area contributed by atoms with Crippen molar-refractivity contribution in [1.82, 2.24) is 5.32 Å². The summed E-state index contributed by atoms with van der Waals surface area (Å²) in [5.74, 6) is 1.16. The van der Waals surface area contributed by atoms with Gasteiger partial charge in [0, 0.05) is 18.5 Å². The van der Waals surface area contributed by atoms with Crippen molar-refractivity contribution >= 4 is 5.91 Å². The number of hydrogen-bond donors (Lipinski definition) is 2. The van der Waals surface area contributed by atoms with Crippen LogP contribution in [-0.2, 0) is 4.79 Å². The predicted octanol–water partition coefficient (Wildman–Crippen LogP) is 2.59. The Balaban J connectivity index is 1.67. The zero-order chi connectivity index (χ0) is 12.8. The van der Waals surface area contributed by atoms with Crippen LogP contribution in [0.2, 0.25) is 0 Å². The van der Waals surface area contributed by atoms with E-state index < -0.39 is 0 Å². The standard InChI is InChI=1S/C15H28N2O/c16-14-9-8-13(10-14)15(18)17-11-12-6-4-2-1-3-5-7-12/h12-14H,1-11,16H2,(H,17,18). The first-order chi connectivity index (χ1) is 8.75. The molecular weight excluding hydrogens is 224 g/mol. The Hall–Kier alpha value is -0.570. The first-order valence-electron chi connectivity index (χ1n) is 7.79. The van der Waals surface area contributed by atoms with E-state index in [9.17, 15) is 4.79 Å². The molecule has 3 nitrogen and oxygen atoms in total. The molecule has 2 aliphatic carbocycles. The van der Waals surface area contributed by atoms with Crippen LogP contribution in [0.1, 0.15) is 64.2 Å². The molecule has 0 aromatic carbocycles. The molecule has 2 fully saturated rings. The smallest absolute Gasteiger partial charge is 0.223 e. The summed E-state index contributed by atoms with van der Waals surface area (Å²) in [5.41, 5.74) is 5.86. The lowest BCUT2D eigenvalue weighted by Gasteiger charge is -2.21. The summed E-state index contributed by atoms with van der Waals surface area (Å²) in [5, 5.41) is 3.17. The molecule has 3 N–H and O–H groups in total. The van der Waals surface area contributed by atoms with Crippen molar-refractivity contribution in [2.24, 2.45) is 17.6 Å². The quantitative estimate of drug-likeness (QED) is 0.811. The van der Waals surface area contributed by atoms with Gasteiger partial charge in [-0.05, 0) is 38.0 Å². The second-order valence-corrected chi connectivity index (χ2v) is 6.23. The Morgan fingerprint density at radius 2 is 1.67 bits per heavy atom. The largest absolute Gasteiger partial charge is 0.356 e. The van der Waals surface area contributed by atoms with Gasteiger partial charge in [-0.15, -0.1) is 0 Å². The lowest BCUT2D eigenvalue weighted by atomic mass is 9.91. The summed E-state index contributed by atoms with van der Waals surface area (Å²) in [6.45, 7) is 0.893. The third-order valence-corrected chi connectivity index (χ3v) is 4.63. The molecule has 0 aliphatic heterocycles. The summed E-state index contributed by atoms with van der Waals surface area (Å²) in [4.78, 5) is 12.0. The number of rotatable bonds is 3. The molecule has 1 amide bonds. The van der Waals surface area contributed by atoms with E-state index in [4.69, 9.17) is 5.73 Å². The van der Waals surface area contributed by atoms with Crippen LogP contribution in [0.3, 0.4) is 0 Å². The highest BCUT2D eigenvalue weighted by Gasteiger charge is 2.27. The van der Waals surface area contributed by atoms with E-state index >= 15 is 0 Å². The minimum Gasteiger partial charge on any atom is -0.356 e. The maximum atomic E-state index is 12.0. The maximum Gasteiger partial charge on any atom is 0.223 e. The monoisotopic (exact) mass is 252 g/mol. The zero-order valence-corrected chi connectivity index (χ0v) is 11.5. The first kappa shape index (κ1) is 13.9. The normalized spacial score (nSPS) is 30.7. The fourth-order valence-electron chi connectivity index (χ4n) is 3.39. The van der Waals surface area contributed by atoms with E-state index in [1.165, 1.54) is 44.9 Å². The van der Waals surface area contributed by atoms with Crippen molar-refractivity contribution < 1.29 is 4.79 Å². The molecule has 0 aromatic rings. The van der Waals surface area contributed by atoms with Gasteiger partial charge in [0.15, 0.2) is 0 Å². The van der Waals surface area contributed by atoms with Gasteiger partial charge in [0.25, 0.3) is 0 Å². The van der Waals surface area contributed by atoms with Crippen LogP contribution in [0, 0.1) is 11.8 Å². The predicted molar refractivity (Wildman–Crippen MR) is 74.1 cm³/mol. The molecule has 0 radical (unpaired) electrons. The summed E-state index contributed by atoms with van der Waals surface area (Å²) in [7, 11) is 0. The third-order valence-electron chi connectivity index (χ3n) is 4.63. The van der Waals surface area contributed by atoms with E-state index in [1.807, 2.05) is 0 Å².